The number of carbonyl (C=O) groups is 2. The molecule has 1 aliphatic heterocycles. The average molecular weight is 359 g/mol. The van der Waals surface area contributed by atoms with Crippen molar-refractivity contribution < 1.29 is 14.3 Å². The number of amides is 1. The van der Waals surface area contributed by atoms with E-state index >= 15 is 0 Å². The van der Waals surface area contributed by atoms with Crippen LogP contribution in [0.25, 0.3) is 11.0 Å². The Morgan fingerprint density at radius 2 is 2.15 bits per heavy atom. The van der Waals surface area contributed by atoms with Gasteiger partial charge in [0.2, 0.25) is 5.91 Å². The molecule has 1 amide bonds. The fourth-order valence-electron chi connectivity index (χ4n) is 3.74. The van der Waals surface area contributed by atoms with Crippen molar-refractivity contribution >= 4 is 23.2 Å². The maximum Gasteiger partial charge on any atom is 0.262 e. The zero-order valence-corrected chi connectivity index (χ0v) is 14.3. The summed E-state index contributed by atoms with van der Waals surface area (Å²) in [5, 5.41) is 7.42. The molecule has 0 radical (unpaired) electrons. The van der Waals surface area contributed by atoms with E-state index in [-0.39, 0.29) is 35.9 Å². The number of aldehydes is 1. The third kappa shape index (κ3) is 2.92. The Hall–Kier alpha value is -2.55. The molecule has 0 aromatic carbocycles. The van der Waals surface area contributed by atoms with Crippen LogP contribution in [0.1, 0.15) is 43.5 Å². The summed E-state index contributed by atoms with van der Waals surface area (Å²) in [6, 6.07) is 0.163. The Morgan fingerprint density at radius 1 is 1.35 bits per heavy atom. The number of hydrogen-bond acceptors (Lipinski definition) is 6. The lowest BCUT2D eigenvalue weighted by molar-refractivity contribution is -0.129. The molecule has 9 heteroatoms. The van der Waals surface area contributed by atoms with Crippen LogP contribution >= 0.6 is 0 Å². The third-order valence-electron chi connectivity index (χ3n) is 5.34. The van der Waals surface area contributed by atoms with Gasteiger partial charge in [0.15, 0.2) is 5.65 Å². The number of fused-ring (bicyclic) bond motifs is 1. The lowest BCUT2D eigenvalue weighted by Gasteiger charge is -2.34. The van der Waals surface area contributed by atoms with Crippen molar-refractivity contribution in [3.05, 3.63) is 22.4 Å². The van der Waals surface area contributed by atoms with Crippen LogP contribution in [0.3, 0.4) is 0 Å². The summed E-state index contributed by atoms with van der Waals surface area (Å²) in [5.74, 6) is -0.0605. The molecule has 4 rings (SSSR count). The van der Waals surface area contributed by atoms with Crippen LogP contribution in [0.15, 0.2) is 11.0 Å². The minimum absolute atomic E-state index is 0.00155. The van der Waals surface area contributed by atoms with Crippen molar-refractivity contribution in [2.24, 2.45) is 5.92 Å². The molecule has 3 heterocycles. The van der Waals surface area contributed by atoms with E-state index in [1.54, 1.807) is 6.20 Å². The summed E-state index contributed by atoms with van der Waals surface area (Å²) in [6.45, 7) is 1.34. The Bertz CT molecular complexity index is 883. The molecule has 2 atom stereocenters. The highest BCUT2D eigenvalue weighted by atomic mass is 16.5. The number of H-pyrrole nitrogens is 1. The van der Waals surface area contributed by atoms with Crippen molar-refractivity contribution in [3.63, 3.8) is 0 Å². The maximum atomic E-state index is 12.5. The van der Waals surface area contributed by atoms with Gasteiger partial charge in [0, 0.05) is 25.0 Å². The Morgan fingerprint density at radius 3 is 2.85 bits per heavy atom. The van der Waals surface area contributed by atoms with Gasteiger partial charge >= 0.3 is 0 Å². The summed E-state index contributed by atoms with van der Waals surface area (Å²) >= 11 is 0. The molecule has 2 fully saturated rings. The van der Waals surface area contributed by atoms with Crippen molar-refractivity contribution in [1.29, 1.82) is 0 Å². The SMILES string of the molecule is O=CCNC(=O)[C@@H]1CC[C@H]1c1nc2c(cnn2C2CCOCC2)c(=O)[nH]1. The maximum absolute atomic E-state index is 12.5. The van der Waals surface area contributed by atoms with Crippen LogP contribution in [0.5, 0.6) is 0 Å². The molecule has 138 valence electrons. The van der Waals surface area contributed by atoms with E-state index < -0.39 is 0 Å². The zero-order valence-electron chi connectivity index (χ0n) is 14.3. The first-order valence-corrected chi connectivity index (χ1v) is 8.95. The fourth-order valence-corrected chi connectivity index (χ4v) is 3.74. The molecule has 1 aliphatic carbocycles. The highest BCUT2D eigenvalue weighted by Gasteiger charge is 2.39. The standard InChI is InChI=1S/C17H21N5O4/c23-6-5-18-16(24)12-2-1-11(12)14-20-15-13(17(25)21-14)9-19-22(15)10-3-7-26-8-4-10/h6,9-12H,1-5,7-8H2,(H,18,24)(H,20,21,25)/t11-,12-/m1/s1. The van der Waals surface area contributed by atoms with Crippen LogP contribution in [-0.4, -0.2) is 51.7 Å². The summed E-state index contributed by atoms with van der Waals surface area (Å²) in [7, 11) is 0. The van der Waals surface area contributed by atoms with Gasteiger partial charge in [-0.3, -0.25) is 9.59 Å². The largest absolute Gasteiger partial charge is 0.381 e. The normalized spacial score (nSPS) is 23.5. The van der Waals surface area contributed by atoms with Gasteiger partial charge in [0.25, 0.3) is 5.56 Å². The Kier molecular flexibility index (Phi) is 4.54. The van der Waals surface area contributed by atoms with Gasteiger partial charge < -0.3 is 19.8 Å². The van der Waals surface area contributed by atoms with Crippen molar-refractivity contribution in [2.75, 3.05) is 19.8 Å². The number of hydrogen-bond donors (Lipinski definition) is 2. The zero-order chi connectivity index (χ0) is 18.1. The number of aromatic nitrogens is 4. The predicted octanol–water partition coefficient (Wildman–Crippen LogP) is 0.280. The predicted molar refractivity (Wildman–Crippen MR) is 91.8 cm³/mol. The van der Waals surface area contributed by atoms with E-state index in [4.69, 9.17) is 4.74 Å². The molecular weight excluding hydrogens is 338 g/mol. The number of ether oxygens (including phenoxy) is 1. The first-order valence-electron chi connectivity index (χ1n) is 8.95. The van der Waals surface area contributed by atoms with Crippen LogP contribution in [-0.2, 0) is 14.3 Å². The molecular formula is C17H21N5O4. The molecule has 2 aromatic rings. The van der Waals surface area contributed by atoms with Gasteiger partial charge in [-0.25, -0.2) is 9.67 Å². The number of rotatable bonds is 5. The molecule has 2 aromatic heterocycles. The van der Waals surface area contributed by atoms with E-state index in [9.17, 15) is 14.4 Å². The first kappa shape index (κ1) is 16.9. The minimum atomic E-state index is -0.269. The van der Waals surface area contributed by atoms with E-state index in [1.807, 2.05) is 4.68 Å². The molecule has 9 nitrogen and oxygen atoms in total. The van der Waals surface area contributed by atoms with Gasteiger partial charge in [-0.05, 0) is 25.7 Å². The molecule has 0 spiro atoms. The second-order valence-corrected chi connectivity index (χ2v) is 6.82. The highest BCUT2D eigenvalue weighted by Crippen LogP contribution is 2.41. The lowest BCUT2D eigenvalue weighted by atomic mass is 9.72. The number of nitrogens with one attached hydrogen (secondary N) is 2. The van der Waals surface area contributed by atoms with Crippen molar-refractivity contribution in [1.82, 2.24) is 25.1 Å². The molecule has 2 aliphatic rings. The molecule has 26 heavy (non-hydrogen) atoms. The van der Waals surface area contributed by atoms with E-state index in [1.165, 1.54) is 0 Å². The van der Waals surface area contributed by atoms with E-state index in [0.717, 1.165) is 25.7 Å². The van der Waals surface area contributed by atoms with Crippen LogP contribution in [0.4, 0.5) is 0 Å². The van der Waals surface area contributed by atoms with Crippen LogP contribution in [0.2, 0.25) is 0 Å². The van der Waals surface area contributed by atoms with Crippen molar-refractivity contribution in [3.8, 4) is 0 Å². The van der Waals surface area contributed by atoms with Gasteiger partial charge in [-0.1, -0.05) is 0 Å². The first-order chi connectivity index (χ1) is 12.7. The monoisotopic (exact) mass is 359 g/mol. The van der Waals surface area contributed by atoms with Crippen LogP contribution in [0, 0.1) is 5.92 Å². The van der Waals surface area contributed by atoms with Gasteiger partial charge in [-0.15, -0.1) is 0 Å². The van der Waals surface area contributed by atoms with Crippen LogP contribution < -0.4 is 10.9 Å². The topological polar surface area (TPSA) is 119 Å². The number of aromatic amines is 1. The average Bonchev–Trinajstić information content (AvgIpc) is 3.04. The summed E-state index contributed by atoms with van der Waals surface area (Å²) in [6.07, 6.45) is 5.37. The Labute approximate surface area is 149 Å². The summed E-state index contributed by atoms with van der Waals surface area (Å²) in [5.41, 5.74) is 0.330. The molecule has 0 bridgehead atoms. The van der Waals surface area contributed by atoms with E-state index in [0.29, 0.717) is 36.4 Å². The molecule has 2 N–H and O–H groups in total. The number of carbonyl (C=O) groups excluding carboxylic acids is 2. The summed E-state index contributed by atoms with van der Waals surface area (Å²) in [4.78, 5) is 42.5. The molecule has 0 unspecified atom stereocenters. The molecule has 1 saturated heterocycles. The highest BCUT2D eigenvalue weighted by molar-refractivity contribution is 5.82. The lowest BCUT2D eigenvalue weighted by Crippen LogP contribution is -2.41. The molecule has 1 saturated carbocycles. The van der Waals surface area contributed by atoms with Gasteiger partial charge in [-0.2, -0.15) is 5.10 Å². The fraction of sp³-hybridized carbons (Fsp3) is 0.588. The third-order valence-corrected chi connectivity index (χ3v) is 5.34. The van der Waals surface area contributed by atoms with Gasteiger partial charge in [0.05, 0.1) is 18.8 Å². The second kappa shape index (κ2) is 6.99. The van der Waals surface area contributed by atoms with Gasteiger partial charge in [0.1, 0.15) is 17.5 Å². The summed E-state index contributed by atoms with van der Waals surface area (Å²) < 4.78 is 7.21. The smallest absolute Gasteiger partial charge is 0.262 e. The quantitative estimate of drug-likeness (QED) is 0.740. The van der Waals surface area contributed by atoms with Crippen molar-refractivity contribution in [2.45, 2.75) is 37.6 Å². The Balaban J connectivity index is 1.65. The minimum Gasteiger partial charge on any atom is -0.381 e. The van der Waals surface area contributed by atoms with E-state index in [2.05, 4.69) is 20.4 Å². The second-order valence-electron chi connectivity index (χ2n) is 6.82. The number of nitrogens with zero attached hydrogens (tertiary/aromatic N) is 3.